The Hall–Kier alpha value is -2.10. The molecule has 0 radical (unpaired) electrons. The van der Waals surface area contributed by atoms with Crippen molar-refractivity contribution in [3.63, 3.8) is 0 Å². The normalized spacial score (nSPS) is 16.4. The van der Waals surface area contributed by atoms with Gasteiger partial charge in [0.25, 0.3) is 0 Å². The van der Waals surface area contributed by atoms with Gasteiger partial charge in [-0.2, -0.15) is 0 Å². The first-order valence-electron chi connectivity index (χ1n) is 8.49. The Morgan fingerprint density at radius 2 is 1.88 bits per heavy atom. The Balaban J connectivity index is 1.72. The van der Waals surface area contributed by atoms with Crippen molar-refractivity contribution in [2.45, 2.75) is 45.1 Å². The van der Waals surface area contributed by atoms with Crippen molar-refractivity contribution in [2.24, 2.45) is 0 Å². The first-order valence-corrected chi connectivity index (χ1v) is 8.49. The highest BCUT2D eigenvalue weighted by Crippen LogP contribution is 2.33. The summed E-state index contributed by atoms with van der Waals surface area (Å²) in [4.78, 5) is 14.0. The van der Waals surface area contributed by atoms with E-state index in [1.807, 2.05) is 39.0 Å². The summed E-state index contributed by atoms with van der Waals surface area (Å²) < 4.78 is 18.9. The summed E-state index contributed by atoms with van der Waals surface area (Å²) in [5.74, 6) is 0.178. The van der Waals surface area contributed by atoms with Crippen LogP contribution in [-0.2, 0) is 4.74 Å². The van der Waals surface area contributed by atoms with E-state index in [0.29, 0.717) is 19.0 Å². The average molecular weight is 329 g/mol. The summed E-state index contributed by atoms with van der Waals surface area (Å²) >= 11 is 0. The Kier molecular flexibility index (Phi) is 4.48. The molecule has 4 heteroatoms. The minimum atomic E-state index is -0.465. The number of nitrogens with zero attached hydrogens (tertiary/aromatic N) is 1. The Labute approximate surface area is 142 Å². The highest BCUT2D eigenvalue weighted by atomic mass is 19.1. The number of rotatable bonds is 1. The van der Waals surface area contributed by atoms with Crippen LogP contribution in [-0.4, -0.2) is 29.7 Å². The van der Waals surface area contributed by atoms with Crippen LogP contribution in [0.3, 0.4) is 0 Å². The lowest BCUT2D eigenvalue weighted by atomic mass is 9.86. The molecule has 3 nitrogen and oxygen atoms in total. The van der Waals surface area contributed by atoms with Gasteiger partial charge in [-0.3, -0.25) is 0 Å². The molecule has 2 aromatic carbocycles. The van der Waals surface area contributed by atoms with E-state index in [4.69, 9.17) is 4.74 Å². The van der Waals surface area contributed by atoms with Crippen LogP contribution in [0.25, 0.3) is 10.8 Å². The number of hydrogen-bond donors (Lipinski definition) is 0. The van der Waals surface area contributed by atoms with Crippen molar-refractivity contribution >= 4 is 16.9 Å². The summed E-state index contributed by atoms with van der Waals surface area (Å²) in [7, 11) is 0. The number of benzene rings is 2. The van der Waals surface area contributed by atoms with Crippen molar-refractivity contribution in [1.82, 2.24) is 4.90 Å². The number of hydrogen-bond acceptors (Lipinski definition) is 2. The SMILES string of the molecule is CC(C)(C)OC(=O)N1CCC(c2cccc3cc(F)ccc23)CC1. The fraction of sp³-hybridized carbons (Fsp3) is 0.450. The van der Waals surface area contributed by atoms with Gasteiger partial charge < -0.3 is 9.64 Å². The summed E-state index contributed by atoms with van der Waals surface area (Å²) in [6, 6.07) is 11.0. The van der Waals surface area contributed by atoms with Crippen LogP contribution in [0.5, 0.6) is 0 Å². The number of likely N-dealkylation sites (tertiary alicyclic amines) is 1. The van der Waals surface area contributed by atoms with Gasteiger partial charge in [-0.15, -0.1) is 0 Å². The molecule has 0 saturated carbocycles. The number of carbonyl (C=O) groups is 1. The highest BCUT2D eigenvalue weighted by molar-refractivity contribution is 5.86. The quantitative estimate of drug-likeness (QED) is 0.729. The minimum absolute atomic E-state index is 0.209. The third-order valence-corrected chi connectivity index (χ3v) is 4.46. The van der Waals surface area contributed by atoms with Crippen molar-refractivity contribution in [3.05, 3.63) is 47.8 Å². The third kappa shape index (κ3) is 3.69. The van der Waals surface area contributed by atoms with Gasteiger partial charge >= 0.3 is 6.09 Å². The number of fused-ring (bicyclic) bond motifs is 1. The van der Waals surface area contributed by atoms with Gasteiger partial charge in [0.15, 0.2) is 0 Å². The van der Waals surface area contributed by atoms with Crippen LogP contribution in [0.1, 0.15) is 45.1 Å². The smallest absolute Gasteiger partial charge is 0.410 e. The second-order valence-corrected chi connectivity index (χ2v) is 7.45. The molecule has 1 amide bonds. The van der Waals surface area contributed by atoms with E-state index in [2.05, 4.69) is 6.07 Å². The van der Waals surface area contributed by atoms with E-state index < -0.39 is 5.60 Å². The average Bonchev–Trinajstić information content (AvgIpc) is 2.52. The number of carbonyl (C=O) groups excluding carboxylic acids is 1. The van der Waals surface area contributed by atoms with Crippen LogP contribution in [0.4, 0.5) is 9.18 Å². The molecule has 0 unspecified atom stereocenters. The maximum atomic E-state index is 13.4. The standard InChI is InChI=1S/C20H24FNO2/c1-20(2,3)24-19(23)22-11-9-14(10-12-22)17-6-4-5-15-13-16(21)7-8-18(15)17/h4-8,13-14H,9-12H2,1-3H3. The van der Waals surface area contributed by atoms with Gasteiger partial charge in [0.05, 0.1) is 0 Å². The summed E-state index contributed by atoms with van der Waals surface area (Å²) in [5, 5.41) is 2.04. The van der Waals surface area contributed by atoms with Gasteiger partial charge in [0.2, 0.25) is 0 Å². The molecule has 3 rings (SSSR count). The molecule has 1 fully saturated rings. The van der Waals surface area contributed by atoms with Crippen LogP contribution in [0, 0.1) is 5.82 Å². The lowest BCUT2D eigenvalue weighted by Crippen LogP contribution is -2.41. The first-order chi connectivity index (χ1) is 11.3. The van der Waals surface area contributed by atoms with Crippen LogP contribution in [0.15, 0.2) is 36.4 Å². The Morgan fingerprint density at radius 3 is 2.54 bits per heavy atom. The fourth-order valence-electron chi connectivity index (χ4n) is 3.34. The monoisotopic (exact) mass is 329 g/mol. The molecular formula is C20H24FNO2. The lowest BCUT2D eigenvalue weighted by molar-refractivity contribution is 0.0205. The summed E-state index contributed by atoms with van der Waals surface area (Å²) in [6.45, 7) is 7.03. The van der Waals surface area contributed by atoms with Crippen LogP contribution in [0.2, 0.25) is 0 Å². The topological polar surface area (TPSA) is 29.5 Å². The zero-order valence-corrected chi connectivity index (χ0v) is 14.5. The maximum Gasteiger partial charge on any atom is 0.410 e. The second kappa shape index (κ2) is 6.42. The van der Waals surface area contributed by atoms with E-state index in [1.54, 1.807) is 11.0 Å². The maximum absolute atomic E-state index is 13.4. The van der Waals surface area contributed by atoms with Crippen LogP contribution < -0.4 is 0 Å². The van der Waals surface area contributed by atoms with Crippen molar-refractivity contribution < 1.29 is 13.9 Å². The molecule has 2 aromatic rings. The van der Waals surface area contributed by atoms with Gasteiger partial charge in [-0.25, -0.2) is 9.18 Å². The molecular weight excluding hydrogens is 305 g/mol. The van der Waals surface area contributed by atoms with Crippen LogP contribution >= 0.6 is 0 Å². The molecule has 0 spiro atoms. The van der Waals surface area contributed by atoms with Gasteiger partial charge in [-0.1, -0.05) is 24.3 Å². The number of halogens is 1. The van der Waals surface area contributed by atoms with E-state index in [0.717, 1.165) is 23.6 Å². The molecule has 1 heterocycles. The third-order valence-electron chi connectivity index (χ3n) is 4.46. The van der Waals surface area contributed by atoms with Gasteiger partial charge in [0, 0.05) is 13.1 Å². The van der Waals surface area contributed by atoms with E-state index in [9.17, 15) is 9.18 Å². The Bertz CT molecular complexity index is 743. The molecule has 0 aromatic heterocycles. The van der Waals surface area contributed by atoms with E-state index in [-0.39, 0.29) is 11.9 Å². The largest absolute Gasteiger partial charge is 0.444 e. The zero-order chi connectivity index (χ0) is 17.3. The molecule has 1 aliphatic rings. The Morgan fingerprint density at radius 1 is 1.17 bits per heavy atom. The molecule has 1 saturated heterocycles. The molecule has 24 heavy (non-hydrogen) atoms. The summed E-state index contributed by atoms with van der Waals surface area (Å²) in [6.07, 6.45) is 1.56. The lowest BCUT2D eigenvalue weighted by Gasteiger charge is -2.34. The zero-order valence-electron chi connectivity index (χ0n) is 14.5. The predicted molar refractivity (Wildman–Crippen MR) is 93.7 cm³/mol. The molecule has 0 atom stereocenters. The first kappa shape index (κ1) is 16.7. The second-order valence-electron chi connectivity index (χ2n) is 7.45. The fourth-order valence-corrected chi connectivity index (χ4v) is 3.34. The molecule has 0 bridgehead atoms. The molecule has 0 N–H and O–H groups in total. The minimum Gasteiger partial charge on any atom is -0.444 e. The summed E-state index contributed by atoms with van der Waals surface area (Å²) in [5.41, 5.74) is 0.782. The van der Waals surface area contributed by atoms with Gasteiger partial charge in [0.1, 0.15) is 11.4 Å². The van der Waals surface area contributed by atoms with Crippen molar-refractivity contribution in [2.75, 3.05) is 13.1 Å². The number of amides is 1. The highest BCUT2D eigenvalue weighted by Gasteiger charge is 2.28. The van der Waals surface area contributed by atoms with E-state index >= 15 is 0 Å². The predicted octanol–water partition coefficient (Wildman–Crippen LogP) is 5.09. The van der Waals surface area contributed by atoms with E-state index in [1.165, 1.54) is 11.6 Å². The van der Waals surface area contributed by atoms with Crippen molar-refractivity contribution in [3.8, 4) is 0 Å². The van der Waals surface area contributed by atoms with Gasteiger partial charge in [-0.05, 0) is 68.0 Å². The molecule has 128 valence electrons. The molecule has 0 aliphatic carbocycles. The van der Waals surface area contributed by atoms with Crippen molar-refractivity contribution in [1.29, 1.82) is 0 Å². The molecule has 1 aliphatic heterocycles. The number of ether oxygens (including phenoxy) is 1. The number of piperidine rings is 1.